The fraction of sp³-hybridized carbons (Fsp3) is 0.231. The molecule has 0 saturated carbocycles. The van der Waals surface area contributed by atoms with Crippen molar-refractivity contribution in [1.29, 1.82) is 0 Å². The number of carbonyl (C=O) groups excluding carboxylic acids is 1. The Morgan fingerprint density at radius 2 is 2.17 bits per heavy atom. The molecule has 0 aromatic heterocycles. The lowest BCUT2D eigenvalue weighted by atomic mass is 10.0. The van der Waals surface area contributed by atoms with E-state index in [9.17, 15) is 9.59 Å². The largest absolute Gasteiger partial charge is 0.481 e. The maximum Gasteiger partial charge on any atom is 0.317 e. The van der Waals surface area contributed by atoms with Gasteiger partial charge in [0.1, 0.15) is 6.42 Å². The molecule has 0 radical (unpaired) electrons. The predicted octanol–water partition coefficient (Wildman–Crippen LogP) is 1.88. The van der Waals surface area contributed by atoms with Gasteiger partial charge in [-0.15, -0.1) is 0 Å². The molecule has 1 rings (SSSR count). The number of hydrogen-bond donors (Lipinski definition) is 1. The maximum atomic E-state index is 10.9. The molecule has 18 heavy (non-hydrogen) atoms. The molecule has 94 valence electrons. The van der Waals surface area contributed by atoms with Crippen LogP contribution >= 0.6 is 11.6 Å². The number of carboxylic acids is 1. The summed E-state index contributed by atoms with van der Waals surface area (Å²) in [7, 11) is 1.28. The first-order valence-corrected chi connectivity index (χ1v) is 5.46. The van der Waals surface area contributed by atoms with Crippen molar-refractivity contribution >= 4 is 23.5 Å². The third-order valence-electron chi connectivity index (χ3n) is 2.09. The van der Waals surface area contributed by atoms with Crippen LogP contribution in [-0.2, 0) is 20.7 Å². The molecule has 0 spiro atoms. The van der Waals surface area contributed by atoms with Crippen molar-refractivity contribution in [3.8, 4) is 11.8 Å². The number of benzene rings is 1. The minimum absolute atomic E-state index is 0.0361. The van der Waals surface area contributed by atoms with Crippen molar-refractivity contribution < 1.29 is 19.4 Å². The first kappa shape index (κ1) is 14.1. The Morgan fingerprint density at radius 3 is 2.78 bits per heavy atom. The molecule has 0 aliphatic rings. The molecule has 0 atom stereocenters. The fourth-order valence-electron chi connectivity index (χ4n) is 1.28. The number of carboxylic acid groups (broad SMARTS) is 1. The van der Waals surface area contributed by atoms with Gasteiger partial charge in [-0.3, -0.25) is 9.59 Å². The lowest BCUT2D eigenvalue weighted by molar-refractivity contribution is -0.139. The van der Waals surface area contributed by atoms with Gasteiger partial charge >= 0.3 is 11.9 Å². The van der Waals surface area contributed by atoms with E-state index in [4.69, 9.17) is 16.7 Å². The topological polar surface area (TPSA) is 63.6 Å². The summed E-state index contributed by atoms with van der Waals surface area (Å²) in [5, 5.41) is 9.22. The molecule has 1 N–H and O–H groups in total. The number of carbonyl (C=O) groups is 2. The summed E-state index contributed by atoms with van der Waals surface area (Å²) in [6, 6.07) is 4.80. The molecule has 5 heteroatoms. The molecule has 0 aliphatic heterocycles. The molecule has 0 saturated heterocycles. The Morgan fingerprint density at radius 1 is 1.44 bits per heavy atom. The SMILES string of the molecule is COC(=O)CC#Cc1ccc(Cl)cc1CC(=O)O. The third kappa shape index (κ3) is 4.48. The quantitative estimate of drug-likeness (QED) is 0.670. The van der Waals surface area contributed by atoms with Crippen LogP contribution in [0.25, 0.3) is 0 Å². The standard InChI is InChI=1S/C13H11ClO4/c1-18-13(17)4-2-3-9-5-6-11(14)7-10(9)8-12(15)16/h5-7H,4,8H2,1H3,(H,15,16). The number of aliphatic carboxylic acids is 1. The van der Waals surface area contributed by atoms with Gasteiger partial charge in [0.15, 0.2) is 0 Å². The van der Waals surface area contributed by atoms with Crippen LogP contribution < -0.4 is 0 Å². The number of ether oxygens (including phenoxy) is 1. The number of hydrogen-bond acceptors (Lipinski definition) is 3. The number of halogens is 1. The van der Waals surface area contributed by atoms with Crippen LogP contribution in [0.5, 0.6) is 0 Å². The van der Waals surface area contributed by atoms with Crippen molar-refractivity contribution in [2.24, 2.45) is 0 Å². The first-order chi connectivity index (χ1) is 8.52. The molecule has 1 aromatic carbocycles. The summed E-state index contributed by atoms with van der Waals surface area (Å²) in [6.45, 7) is 0. The average Bonchev–Trinajstić information content (AvgIpc) is 2.31. The van der Waals surface area contributed by atoms with Crippen molar-refractivity contribution in [3.63, 3.8) is 0 Å². The highest BCUT2D eigenvalue weighted by molar-refractivity contribution is 6.30. The summed E-state index contributed by atoms with van der Waals surface area (Å²) >= 11 is 5.79. The Balaban J connectivity index is 2.93. The van der Waals surface area contributed by atoms with E-state index < -0.39 is 11.9 Å². The highest BCUT2D eigenvalue weighted by atomic mass is 35.5. The molecular formula is C13H11ClO4. The van der Waals surface area contributed by atoms with Crippen molar-refractivity contribution in [2.45, 2.75) is 12.8 Å². The summed E-state index contributed by atoms with van der Waals surface area (Å²) in [5.41, 5.74) is 1.07. The summed E-state index contributed by atoms with van der Waals surface area (Å²) in [6.07, 6.45) is -0.200. The van der Waals surface area contributed by atoms with E-state index in [1.165, 1.54) is 7.11 Å². The van der Waals surface area contributed by atoms with E-state index >= 15 is 0 Å². The zero-order valence-corrected chi connectivity index (χ0v) is 10.5. The Kier molecular flexibility index (Phi) is 5.22. The second kappa shape index (κ2) is 6.67. The smallest absolute Gasteiger partial charge is 0.317 e. The van der Waals surface area contributed by atoms with Gasteiger partial charge in [0.05, 0.1) is 13.5 Å². The van der Waals surface area contributed by atoms with Gasteiger partial charge in [-0.05, 0) is 23.8 Å². The van der Waals surface area contributed by atoms with Crippen molar-refractivity contribution in [3.05, 3.63) is 34.3 Å². The predicted molar refractivity (Wildman–Crippen MR) is 66.3 cm³/mol. The molecule has 0 amide bonds. The number of methoxy groups -OCH3 is 1. The van der Waals surface area contributed by atoms with Gasteiger partial charge in [-0.25, -0.2) is 0 Å². The number of rotatable bonds is 3. The molecular weight excluding hydrogens is 256 g/mol. The lowest BCUT2D eigenvalue weighted by Gasteiger charge is -2.02. The van der Waals surface area contributed by atoms with Crippen LogP contribution in [0.2, 0.25) is 5.02 Å². The van der Waals surface area contributed by atoms with Crippen LogP contribution in [0.4, 0.5) is 0 Å². The van der Waals surface area contributed by atoms with Gasteiger partial charge < -0.3 is 9.84 Å². The minimum atomic E-state index is -0.965. The first-order valence-electron chi connectivity index (χ1n) is 5.09. The normalized spacial score (nSPS) is 9.22. The van der Waals surface area contributed by atoms with Crippen LogP contribution in [0.15, 0.2) is 18.2 Å². The number of esters is 1. The van der Waals surface area contributed by atoms with Crippen molar-refractivity contribution in [1.82, 2.24) is 0 Å². The Bertz CT molecular complexity index is 526. The van der Waals surface area contributed by atoms with E-state index in [-0.39, 0.29) is 12.8 Å². The lowest BCUT2D eigenvalue weighted by Crippen LogP contribution is -2.02. The zero-order valence-electron chi connectivity index (χ0n) is 9.70. The van der Waals surface area contributed by atoms with Crippen LogP contribution in [0, 0.1) is 11.8 Å². The third-order valence-corrected chi connectivity index (χ3v) is 2.33. The molecule has 0 aliphatic carbocycles. The fourth-order valence-corrected chi connectivity index (χ4v) is 1.47. The van der Waals surface area contributed by atoms with E-state index in [0.717, 1.165) is 0 Å². The van der Waals surface area contributed by atoms with Gasteiger partial charge in [-0.1, -0.05) is 23.4 Å². The zero-order chi connectivity index (χ0) is 13.5. The van der Waals surface area contributed by atoms with Crippen LogP contribution in [0.1, 0.15) is 17.5 Å². The molecule has 0 heterocycles. The molecule has 0 fully saturated rings. The second-order valence-electron chi connectivity index (χ2n) is 3.43. The monoisotopic (exact) mass is 266 g/mol. The van der Waals surface area contributed by atoms with E-state index in [1.54, 1.807) is 18.2 Å². The summed E-state index contributed by atoms with van der Waals surface area (Å²) in [5.74, 6) is 3.96. The van der Waals surface area contributed by atoms with Gasteiger partial charge in [-0.2, -0.15) is 0 Å². The molecule has 0 unspecified atom stereocenters. The summed E-state index contributed by atoms with van der Waals surface area (Å²) < 4.78 is 4.45. The Hall–Kier alpha value is -1.99. The molecule has 0 bridgehead atoms. The molecule has 1 aromatic rings. The van der Waals surface area contributed by atoms with E-state index in [0.29, 0.717) is 16.1 Å². The van der Waals surface area contributed by atoms with Gasteiger partial charge in [0, 0.05) is 10.6 Å². The van der Waals surface area contributed by atoms with E-state index in [2.05, 4.69) is 16.6 Å². The van der Waals surface area contributed by atoms with Crippen LogP contribution in [0.3, 0.4) is 0 Å². The van der Waals surface area contributed by atoms with Gasteiger partial charge in [0.2, 0.25) is 0 Å². The minimum Gasteiger partial charge on any atom is -0.481 e. The second-order valence-corrected chi connectivity index (χ2v) is 3.86. The Labute approximate surface area is 110 Å². The van der Waals surface area contributed by atoms with Crippen LogP contribution in [-0.4, -0.2) is 24.2 Å². The van der Waals surface area contributed by atoms with Gasteiger partial charge in [0.25, 0.3) is 0 Å². The maximum absolute atomic E-state index is 10.9. The molecule has 4 nitrogen and oxygen atoms in total. The highest BCUT2D eigenvalue weighted by Gasteiger charge is 2.06. The summed E-state index contributed by atoms with van der Waals surface area (Å²) in [4.78, 5) is 21.6. The van der Waals surface area contributed by atoms with E-state index in [1.807, 2.05) is 0 Å². The average molecular weight is 267 g/mol. The van der Waals surface area contributed by atoms with Crippen molar-refractivity contribution in [2.75, 3.05) is 7.11 Å². The highest BCUT2D eigenvalue weighted by Crippen LogP contribution is 2.16.